The molecule has 0 aliphatic heterocycles. The summed E-state index contributed by atoms with van der Waals surface area (Å²) in [4.78, 5) is 5.20. The van der Waals surface area contributed by atoms with E-state index in [1.807, 2.05) is 30.6 Å². The number of aromatic nitrogens is 3. The molecule has 4 nitrogen and oxygen atoms in total. The number of fused-ring (bicyclic) bond motifs is 6. The second-order valence-electron chi connectivity index (χ2n) is 18.6. The van der Waals surface area contributed by atoms with Gasteiger partial charge in [-0.2, -0.15) is 5.26 Å². The number of rotatable bonds is 9. The maximum Gasteiger partial charge on any atom is 0.0991 e. The lowest BCUT2D eigenvalue weighted by Crippen LogP contribution is -2.05. The highest BCUT2D eigenvalue weighted by Crippen LogP contribution is 2.44. The standard InChI is InChI=1S/C65H50N4/c1-41(2)12-7-16-45(6)47-22-26-55-56-27-23-51(48-18-8-13-42(3)30-48)35-60(56)68(59(55)34-47)63-39-67-40-64(65(63)54-21-11-17-46(33-54)38-66)69-61-36-52(49-19-9-14-43(4)31-49)24-28-57(61)58-29-25-53(37-62(58)69)50-20-10-15-44(5)32-50/h7-37,39-40H,6H2,1-5H3/b16-7-. The maximum absolute atomic E-state index is 10.4. The zero-order chi connectivity index (χ0) is 47.3. The summed E-state index contributed by atoms with van der Waals surface area (Å²) in [5.74, 6) is 0. The molecule has 0 aliphatic carbocycles. The first kappa shape index (κ1) is 42.8. The Kier molecular flexibility index (Phi) is 10.8. The lowest BCUT2D eigenvalue weighted by atomic mass is 9.99. The second kappa shape index (κ2) is 17.5. The number of hydrogen-bond donors (Lipinski definition) is 0. The molecule has 330 valence electrons. The fourth-order valence-corrected chi connectivity index (χ4v) is 10.0. The van der Waals surface area contributed by atoms with Crippen LogP contribution in [-0.4, -0.2) is 14.1 Å². The van der Waals surface area contributed by atoms with E-state index >= 15 is 0 Å². The summed E-state index contributed by atoms with van der Waals surface area (Å²) in [5.41, 5.74) is 22.1. The van der Waals surface area contributed by atoms with Crippen molar-refractivity contribution in [3.63, 3.8) is 0 Å². The molecule has 3 heterocycles. The molecular formula is C65H50N4. The van der Waals surface area contributed by atoms with Gasteiger partial charge >= 0.3 is 0 Å². The van der Waals surface area contributed by atoms with Gasteiger partial charge in [0.25, 0.3) is 0 Å². The van der Waals surface area contributed by atoms with Crippen LogP contribution in [-0.2, 0) is 0 Å². The Labute approximate surface area is 403 Å². The molecule has 11 rings (SSSR count). The molecule has 8 aromatic carbocycles. The maximum atomic E-state index is 10.4. The van der Waals surface area contributed by atoms with Crippen LogP contribution in [0.2, 0.25) is 0 Å². The summed E-state index contributed by atoms with van der Waals surface area (Å²) in [7, 11) is 0. The number of nitriles is 1. The third-order valence-corrected chi connectivity index (χ3v) is 13.4. The van der Waals surface area contributed by atoms with Crippen LogP contribution in [0.15, 0.2) is 213 Å². The first-order valence-electron chi connectivity index (χ1n) is 23.5. The summed E-state index contributed by atoms with van der Waals surface area (Å²) < 4.78 is 4.79. The minimum absolute atomic E-state index is 0.581. The topological polar surface area (TPSA) is 46.5 Å². The van der Waals surface area contributed by atoms with Crippen LogP contribution in [0.1, 0.15) is 41.7 Å². The zero-order valence-corrected chi connectivity index (χ0v) is 39.5. The minimum Gasteiger partial charge on any atom is -0.307 e. The van der Waals surface area contributed by atoms with E-state index in [1.165, 1.54) is 22.3 Å². The Morgan fingerprint density at radius 2 is 0.913 bits per heavy atom. The molecule has 0 amide bonds. The molecule has 4 heteroatoms. The molecule has 3 aromatic heterocycles. The number of allylic oxidation sites excluding steroid dienone is 5. The lowest BCUT2D eigenvalue weighted by Gasteiger charge is -2.20. The summed E-state index contributed by atoms with van der Waals surface area (Å²) in [6, 6.07) is 63.7. The molecule has 0 spiro atoms. The van der Waals surface area contributed by atoms with Gasteiger partial charge < -0.3 is 9.13 Å². The van der Waals surface area contributed by atoms with Gasteiger partial charge in [-0.05, 0) is 121 Å². The molecule has 0 N–H and O–H groups in total. The molecule has 0 bridgehead atoms. The third kappa shape index (κ3) is 7.84. The van der Waals surface area contributed by atoms with Crippen LogP contribution in [0.3, 0.4) is 0 Å². The Hall–Kier alpha value is -8.78. The average Bonchev–Trinajstić information content (AvgIpc) is 3.87. The molecule has 0 atom stereocenters. The van der Waals surface area contributed by atoms with Crippen molar-refractivity contribution in [1.82, 2.24) is 14.1 Å². The van der Waals surface area contributed by atoms with E-state index in [0.29, 0.717) is 5.56 Å². The third-order valence-electron chi connectivity index (χ3n) is 13.4. The van der Waals surface area contributed by atoms with Crippen LogP contribution in [0.25, 0.3) is 105 Å². The Balaban J connectivity index is 1.27. The molecule has 0 radical (unpaired) electrons. The van der Waals surface area contributed by atoms with Crippen molar-refractivity contribution in [3.8, 4) is 62.0 Å². The fraction of sp³-hybridized carbons (Fsp3) is 0.0769. The Morgan fingerprint density at radius 1 is 0.493 bits per heavy atom. The second-order valence-corrected chi connectivity index (χ2v) is 18.6. The highest BCUT2D eigenvalue weighted by atomic mass is 15.0. The van der Waals surface area contributed by atoms with Gasteiger partial charge in [0.1, 0.15) is 0 Å². The number of pyridine rings is 1. The first-order chi connectivity index (χ1) is 33.6. The van der Waals surface area contributed by atoms with Crippen molar-refractivity contribution < 1.29 is 0 Å². The van der Waals surface area contributed by atoms with Crippen molar-refractivity contribution in [2.45, 2.75) is 34.6 Å². The molecule has 11 aromatic rings. The van der Waals surface area contributed by atoms with Crippen molar-refractivity contribution in [3.05, 3.63) is 240 Å². The van der Waals surface area contributed by atoms with E-state index < -0.39 is 0 Å². The minimum atomic E-state index is 0.581. The smallest absolute Gasteiger partial charge is 0.0991 e. The van der Waals surface area contributed by atoms with Gasteiger partial charge in [0, 0.05) is 27.1 Å². The lowest BCUT2D eigenvalue weighted by molar-refractivity contribution is 1.09. The van der Waals surface area contributed by atoms with Crippen LogP contribution >= 0.6 is 0 Å². The van der Waals surface area contributed by atoms with Crippen LogP contribution in [0.5, 0.6) is 0 Å². The molecule has 0 fully saturated rings. The molecule has 0 aliphatic rings. The Morgan fingerprint density at radius 3 is 1.36 bits per heavy atom. The van der Waals surface area contributed by atoms with E-state index in [2.05, 4.69) is 226 Å². The molecular weight excluding hydrogens is 837 g/mol. The predicted octanol–water partition coefficient (Wildman–Crippen LogP) is 17.3. The van der Waals surface area contributed by atoms with Crippen molar-refractivity contribution in [2.24, 2.45) is 0 Å². The van der Waals surface area contributed by atoms with E-state index in [4.69, 9.17) is 4.98 Å². The van der Waals surface area contributed by atoms with Gasteiger partial charge in [-0.1, -0.05) is 181 Å². The average molecular weight is 887 g/mol. The summed E-state index contributed by atoms with van der Waals surface area (Å²) in [6.45, 7) is 15.2. The van der Waals surface area contributed by atoms with Crippen molar-refractivity contribution in [1.29, 1.82) is 5.26 Å². The molecule has 0 unspecified atom stereocenters. The number of hydrogen-bond acceptors (Lipinski definition) is 2. The highest BCUT2D eigenvalue weighted by molar-refractivity contribution is 6.14. The van der Waals surface area contributed by atoms with E-state index in [1.54, 1.807) is 0 Å². The van der Waals surface area contributed by atoms with Crippen LogP contribution in [0, 0.1) is 32.1 Å². The number of benzene rings is 8. The summed E-state index contributed by atoms with van der Waals surface area (Å²) >= 11 is 0. The highest BCUT2D eigenvalue weighted by Gasteiger charge is 2.24. The van der Waals surface area contributed by atoms with Gasteiger partial charge in [-0.15, -0.1) is 0 Å². The normalized spacial score (nSPS) is 11.5. The molecule has 69 heavy (non-hydrogen) atoms. The van der Waals surface area contributed by atoms with Gasteiger partial charge in [-0.25, -0.2) is 0 Å². The van der Waals surface area contributed by atoms with E-state index in [9.17, 15) is 5.26 Å². The van der Waals surface area contributed by atoms with Crippen molar-refractivity contribution in [2.75, 3.05) is 0 Å². The summed E-state index contributed by atoms with van der Waals surface area (Å²) in [5, 5.41) is 15.0. The largest absolute Gasteiger partial charge is 0.307 e. The van der Waals surface area contributed by atoms with Gasteiger partial charge in [0.05, 0.1) is 57.5 Å². The zero-order valence-electron chi connectivity index (χ0n) is 39.5. The fourth-order valence-electron chi connectivity index (χ4n) is 10.0. The number of aryl methyl sites for hydroxylation is 3. The van der Waals surface area contributed by atoms with E-state index in [-0.39, 0.29) is 0 Å². The van der Waals surface area contributed by atoms with Crippen LogP contribution in [0.4, 0.5) is 0 Å². The first-order valence-corrected chi connectivity index (χ1v) is 23.5. The summed E-state index contributed by atoms with van der Waals surface area (Å²) in [6.07, 6.45) is 10.3. The monoisotopic (exact) mass is 886 g/mol. The van der Waals surface area contributed by atoms with Gasteiger partial charge in [0.2, 0.25) is 0 Å². The quantitative estimate of drug-likeness (QED) is 0.136. The van der Waals surface area contributed by atoms with Gasteiger partial charge in [0.15, 0.2) is 0 Å². The van der Waals surface area contributed by atoms with Crippen molar-refractivity contribution >= 4 is 49.2 Å². The molecule has 0 saturated carbocycles. The van der Waals surface area contributed by atoms with E-state index in [0.717, 1.165) is 111 Å². The number of nitrogens with zero attached hydrogens (tertiary/aromatic N) is 4. The predicted molar refractivity (Wildman–Crippen MR) is 291 cm³/mol. The SMILES string of the molecule is C=C(/C=C\C=C(C)C)c1ccc2c3ccc(-c4cccc(C)c4)cc3n(-c3cncc(-n4c5cc(-c6cccc(C)c6)ccc5c5ccc(-c6cccc(C)c6)cc54)c3-c3cccc(C#N)c3)c2c1. The van der Waals surface area contributed by atoms with Crippen LogP contribution < -0.4 is 0 Å². The Bertz CT molecular complexity index is 3890. The molecule has 0 saturated heterocycles. The van der Waals surface area contributed by atoms with Gasteiger partial charge in [-0.3, -0.25) is 4.98 Å².